The first-order chi connectivity index (χ1) is 38.4. The Hall–Kier alpha value is -5.36. The number of carbonyl (C=O) groups is 5. The summed E-state index contributed by atoms with van der Waals surface area (Å²) >= 11 is 0. The molecule has 3 rings (SSSR count). The van der Waals surface area contributed by atoms with E-state index >= 15 is 0 Å². The van der Waals surface area contributed by atoms with Crippen LogP contribution in [0.5, 0.6) is 0 Å². The topological polar surface area (TPSA) is 338 Å². The summed E-state index contributed by atoms with van der Waals surface area (Å²) in [4.78, 5) is 61.3. The first-order valence-corrected chi connectivity index (χ1v) is 28.6. The fourth-order valence-corrected chi connectivity index (χ4v) is 9.47. The van der Waals surface area contributed by atoms with Crippen molar-refractivity contribution in [2.45, 2.75) is 82.3 Å². The van der Waals surface area contributed by atoms with Crippen molar-refractivity contribution in [3.63, 3.8) is 0 Å². The predicted octanol–water partition coefficient (Wildman–Crippen LogP) is 2.40. The van der Waals surface area contributed by atoms with Gasteiger partial charge in [-0.2, -0.15) is 13.2 Å². The summed E-state index contributed by atoms with van der Waals surface area (Å²) < 4.78 is 102. The van der Waals surface area contributed by atoms with E-state index in [0.717, 1.165) is 37.7 Å². The summed E-state index contributed by atoms with van der Waals surface area (Å²) in [5.41, 5.74) is 12.9. The number of aliphatic carboxylic acids is 1. The Bertz CT molecular complexity index is 2150. The number of hydrogen-bond acceptors (Lipinski definition) is 17. The van der Waals surface area contributed by atoms with Crippen LogP contribution < -0.4 is 32.7 Å². The molecule has 27 heteroatoms. The number of nitrogens with two attached hydrogens (primary N) is 2. The van der Waals surface area contributed by atoms with Crippen molar-refractivity contribution in [3.05, 3.63) is 71.3 Å². The molecule has 0 aromatic heterocycles. The fraction of sp³-hybridized carbons (Fsp3) is 0.660. The number of hydrogen-bond donors (Lipinski definition) is 8. The van der Waals surface area contributed by atoms with Gasteiger partial charge in [0.25, 0.3) is 0 Å². The standard InChI is InChI=1S/C51H83N7O14S.C2HF3O2/c52-18-21-65-23-25-67-27-29-69-31-33-71-34-32-70-30-28-68-26-24-66-22-20-56-48(60)38-72-37-47(59)55-19-8-7-13-46(51(62)57-36-42-14-16-44(17-15-42)49(53)54)58-50(61)45(35-41-9-3-1-4-10-41)40-73(63,64)39-43-11-5-2-6-12-43;3-2(4,5)1(6)7/h2,5-6,11-12,14-17,41,45-46H,1,3-4,7-10,13,18-40,52H2,(H3,53,54)(H,55,59)(H,56,60)(H,57,62)(H,58,61);(H,6,7)/t45-,46-;/m0./s1. The number of amides is 4. The molecule has 23 nitrogen and oxygen atoms in total. The van der Waals surface area contributed by atoms with E-state index in [1.165, 1.54) is 0 Å². The van der Waals surface area contributed by atoms with Gasteiger partial charge in [0.15, 0.2) is 9.84 Å². The van der Waals surface area contributed by atoms with Crippen molar-refractivity contribution in [3.8, 4) is 0 Å². The molecule has 0 spiro atoms. The van der Waals surface area contributed by atoms with Crippen molar-refractivity contribution in [1.82, 2.24) is 21.3 Å². The van der Waals surface area contributed by atoms with E-state index in [9.17, 15) is 40.8 Å². The smallest absolute Gasteiger partial charge is 0.475 e. The minimum absolute atomic E-state index is 0.0767. The maximum Gasteiger partial charge on any atom is 0.490 e. The third kappa shape index (κ3) is 36.8. The molecule has 1 fully saturated rings. The summed E-state index contributed by atoms with van der Waals surface area (Å²) in [6, 6.07) is 14.8. The van der Waals surface area contributed by atoms with E-state index in [-0.39, 0.29) is 69.1 Å². The van der Waals surface area contributed by atoms with E-state index < -0.39 is 57.6 Å². The number of benzene rings is 2. The van der Waals surface area contributed by atoms with E-state index in [0.29, 0.717) is 123 Å². The molecular formula is C53H84F3N7O16S. The molecule has 1 saturated carbocycles. The van der Waals surface area contributed by atoms with Gasteiger partial charge in [0.2, 0.25) is 23.6 Å². The van der Waals surface area contributed by atoms with Crippen LogP contribution in [0.3, 0.4) is 0 Å². The van der Waals surface area contributed by atoms with Crippen LogP contribution in [0.1, 0.15) is 74.5 Å². The molecule has 1 aliphatic carbocycles. The zero-order chi connectivity index (χ0) is 58.7. The highest BCUT2D eigenvalue weighted by Gasteiger charge is 2.38. The van der Waals surface area contributed by atoms with Crippen molar-refractivity contribution < 1.29 is 88.6 Å². The van der Waals surface area contributed by atoms with Crippen molar-refractivity contribution >= 4 is 45.3 Å². The number of nitrogen functional groups attached to an aromatic ring is 1. The number of sulfone groups is 1. The molecular weight excluding hydrogens is 1080 g/mol. The highest BCUT2D eigenvalue weighted by molar-refractivity contribution is 7.90. The molecule has 2 atom stereocenters. The van der Waals surface area contributed by atoms with E-state index in [4.69, 9.17) is 64.7 Å². The molecule has 80 heavy (non-hydrogen) atoms. The van der Waals surface area contributed by atoms with Crippen molar-refractivity contribution in [2.75, 3.05) is 131 Å². The highest BCUT2D eigenvalue weighted by atomic mass is 32.2. The zero-order valence-corrected chi connectivity index (χ0v) is 46.4. The molecule has 454 valence electrons. The quantitative estimate of drug-likeness (QED) is 0.0268. The van der Waals surface area contributed by atoms with Gasteiger partial charge in [-0.05, 0) is 42.7 Å². The van der Waals surface area contributed by atoms with Crippen molar-refractivity contribution in [1.29, 1.82) is 5.41 Å². The number of alkyl halides is 3. The number of ether oxygens (including phenoxy) is 8. The first-order valence-electron chi connectivity index (χ1n) is 26.8. The molecule has 0 radical (unpaired) electrons. The van der Waals surface area contributed by atoms with Gasteiger partial charge < -0.3 is 75.7 Å². The molecule has 0 heterocycles. The lowest BCUT2D eigenvalue weighted by Crippen LogP contribution is -2.49. The van der Waals surface area contributed by atoms with Crippen LogP contribution in [0.25, 0.3) is 0 Å². The van der Waals surface area contributed by atoms with E-state index in [1.54, 1.807) is 48.5 Å². The normalized spacial score (nSPS) is 13.6. The average Bonchev–Trinajstić information content (AvgIpc) is 3.42. The Labute approximate surface area is 467 Å². The molecule has 0 aliphatic heterocycles. The molecule has 4 amide bonds. The Morgan fingerprint density at radius 1 is 0.637 bits per heavy atom. The largest absolute Gasteiger partial charge is 0.490 e. The molecule has 0 bridgehead atoms. The van der Waals surface area contributed by atoms with Gasteiger partial charge in [-0.25, -0.2) is 13.2 Å². The first kappa shape index (κ1) is 70.7. The maximum absolute atomic E-state index is 14.1. The van der Waals surface area contributed by atoms with Gasteiger partial charge in [0, 0.05) is 31.7 Å². The van der Waals surface area contributed by atoms with Crippen LogP contribution in [0, 0.1) is 17.2 Å². The van der Waals surface area contributed by atoms with Crippen LogP contribution in [0.15, 0.2) is 54.6 Å². The van der Waals surface area contributed by atoms with Crippen LogP contribution in [-0.4, -0.2) is 192 Å². The molecule has 10 N–H and O–H groups in total. The Balaban J connectivity index is 0.00000292. The number of carboxylic acids is 1. The average molecular weight is 1160 g/mol. The van der Waals surface area contributed by atoms with Gasteiger partial charge in [-0.1, -0.05) is 86.7 Å². The molecule has 2 aromatic carbocycles. The Morgan fingerprint density at radius 3 is 1.61 bits per heavy atom. The van der Waals surface area contributed by atoms with Crippen LogP contribution in [0.2, 0.25) is 0 Å². The number of amidine groups is 1. The van der Waals surface area contributed by atoms with Gasteiger partial charge in [0.1, 0.15) is 25.1 Å². The minimum atomic E-state index is -5.08. The summed E-state index contributed by atoms with van der Waals surface area (Å²) in [6.07, 6.45) is 1.49. The monoisotopic (exact) mass is 1160 g/mol. The van der Waals surface area contributed by atoms with E-state index in [2.05, 4.69) is 21.3 Å². The van der Waals surface area contributed by atoms with Crippen molar-refractivity contribution in [2.24, 2.45) is 23.3 Å². The zero-order valence-electron chi connectivity index (χ0n) is 45.6. The minimum Gasteiger partial charge on any atom is -0.475 e. The second-order valence-corrected chi connectivity index (χ2v) is 20.5. The lowest BCUT2D eigenvalue weighted by atomic mass is 9.83. The predicted molar refractivity (Wildman–Crippen MR) is 289 cm³/mol. The lowest BCUT2D eigenvalue weighted by molar-refractivity contribution is -0.192. The SMILES string of the molecule is N=C(N)c1ccc(CNC(=O)[C@H](CCCCNC(=O)COCC(=O)NCCOCCOCCOCCOCCOCCOCCOCCN)NC(=O)[C@@H](CC2CCCCC2)CS(=O)(=O)Cc2ccccc2)cc1.O=C(O)C(F)(F)F. The summed E-state index contributed by atoms with van der Waals surface area (Å²) in [5, 5.41) is 26.0. The number of carbonyl (C=O) groups excluding carboxylic acids is 4. The number of carboxylic acid groups (broad SMARTS) is 1. The summed E-state index contributed by atoms with van der Waals surface area (Å²) in [5.74, 6) is -5.71. The second kappa shape index (κ2) is 43.4. The Morgan fingerprint density at radius 2 is 1.12 bits per heavy atom. The van der Waals surface area contributed by atoms with Gasteiger partial charge in [-0.15, -0.1) is 0 Å². The third-order valence-corrected chi connectivity index (χ3v) is 13.5. The second-order valence-electron chi connectivity index (χ2n) is 18.4. The van der Waals surface area contributed by atoms with Gasteiger partial charge in [-0.3, -0.25) is 24.6 Å². The maximum atomic E-state index is 14.1. The third-order valence-electron chi connectivity index (χ3n) is 11.8. The summed E-state index contributed by atoms with van der Waals surface area (Å²) in [6.45, 7) is 6.66. The molecule has 0 saturated heterocycles. The van der Waals surface area contributed by atoms with Crippen LogP contribution in [-0.2, 0) is 84.0 Å². The molecule has 1 aliphatic rings. The lowest BCUT2D eigenvalue weighted by Gasteiger charge is -2.27. The fourth-order valence-electron chi connectivity index (χ4n) is 7.75. The van der Waals surface area contributed by atoms with E-state index in [1.807, 2.05) is 6.07 Å². The van der Waals surface area contributed by atoms with Gasteiger partial charge in [0.05, 0.1) is 110 Å². The van der Waals surface area contributed by atoms with Crippen LogP contribution in [0.4, 0.5) is 13.2 Å². The number of rotatable bonds is 44. The number of halogens is 3. The summed E-state index contributed by atoms with van der Waals surface area (Å²) in [7, 11) is -3.68. The number of unbranched alkanes of at least 4 members (excludes halogenated alkanes) is 1. The van der Waals surface area contributed by atoms with Gasteiger partial charge >= 0.3 is 12.1 Å². The van der Waals surface area contributed by atoms with Crippen LogP contribution >= 0.6 is 0 Å². The Kier molecular flexibility index (Phi) is 38.4. The molecule has 0 unspecified atom stereocenters. The highest BCUT2D eigenvalue weighted by Crippen LogP contribution is 2.30. The molecule has 2 aromatic rings. The number of nitrogens with one attached hydrogen (secondary N) is 5.